The molecule has 0 unspecified atom stereocenters. The van der Waals surface area contributed by atoms with E-state index in [1.165, 1.54) is 29.8 Å². The molecule has 5 nitrogen and oxygen atoms in total. The third-order valence-corrected chi connectivity index (χ3v) is 6.31. The molecule has 0 bridgehead atoms. The molecule has 1 amide bonds. The molecule has 0 aliphatic carbocycles. The Bertz CT molecular complexity index is 1200. The van der Waals surface area contributed by atoms with Gasteiger partial charge in [0.15, 0.2) is 11.5 Å². The monoisotopic (exact) mass is 489 g/mol. The molecule has 164 valence electrons. The van der Waals surface area contributed by atoms with Crippen LogP contribution in [0.1, 0.15) is 16.9 Å². The third-order valence-electron chi connectivity index (χ3n) is 4.65. The fourth-order valence-electron chi connectivity index (χ4n) is 3.07. The Morgan fingerprint density at radius 2 is 2.06 bits per heavy atom. The van der Waals surface area contributed by atoms with Crippen LogP contribution < -0.4 is 9.47 Å². The maximum Gasteiger partial charge on any atom is 0.266 e. The van der Waals surface area contributed by atoms with E-state index in [1.807, 2.05) is 0 Å². The summed E-state index contributed by atoms with van der Waals surface area (Å²) in [5.74, 6) is 0.719. The fraction of sp³-hybridized carbons (Fsp3) is 0.130. The minimum atomic E-state index is -0.365. The normalized spacial score (nSPS) is 15.0. The molecular formula is C23H17ClFNO4S2. The average Bonchev–Trinajstić information content (AvgIpc) is 3.38. The Hall–Kier alpha value is -2.81. The molecule has 0 atom stereocenters. The number of hydrogen-bond donors (Lipinski definition) is 0. The van der Waals surface area contributed by atoms with Crippen LogP contribution >= 0.6 is 35.6 Å². The minimum Gasteiger partial charge on any atom is -0.493 e. The number of thiocarbonyl (C=S) groups is 1. The second-order valence-electron chi connectivity index (χ2n) is 6.76. The van der Waals surface area contributed by atoms with E-state index in [2.05, 4.69) is 0 Å². The van der Waals surface area contributed by atoms with Crippen LogP contribution in [0.25, 0.3) is 6.08 Å². The summed E-state index contributed by atoms with van der Waals surface area (Å²) in [7, 11) is 1.48. The van der Waals surface area contributed by atoms with E-state index in [9.17, 15) is 9.18 Å². The Morgan fingerprint density at radius 1 is 1.25 bits per heavy atom. The molecule has 1 aliphatic heterocycles. The first kappa shape index (κ1) is 22.4. The minimum absolute atomic E-state index is 0.00641. The largest absolute Gasteiger partial charge is 0.493 e. The van der Waals surface area contributed by atoms with Crippen LogP contribution in [-0.2, 0) is 17.9 Å². The molecule has 1 aliphatic rings. The quantitative estimate of drug-likeness (QED) is 0.297. The summed E-state index contributed by atoms with van der Waals surface area (Å²) >= 11 is 13.0. The van der Waals surface area contributed by atoms with Gasteiger partial charge in [-0.05, 0) is 42.0 Å². The van der Waals surface area contributed by atoms with Gasteiger partial charge >= 0.3 is 0 Å². The number of halogens is 2. The van der Waals surface area contributed by atoms with Gasteiger partial charge in [-0.2, -0.15) is 0 Å². The molecule has 32 heavy (non-hydrogen) atoms. The lowest BCUT2D eigenvalue weighted by atomic mass is 10.1. The zero-order valence-corrected chi connectivity index (χ0v) is 19.2. The predicted molar refractivity (Wildman–Crippen MR) is 126 cm³/mol. The first-order valence-electron chi connectivity index (χ1n) is 9.47. The van der Waals surface area contributed by atoms with Gasteiger partial charge in [0, 0.05) is 5.56 Å². The molecule has 0 N–H and O–H groups in total. The van der Waals surface area contributed by atoms with Crippen molar-refractivity contribution in [1.29, 1.82) is 0 Å². The van der Waals surface area contributed by atoms with Gasteiger partial charge in [0.1, 0.15) is 22.5 Å². The van der Waals surface area contributed by atoms with Crippen LogP contribution in [0.4, 0.5) is 4.39 Å². The summed E-state index contributed by atoms with van der Waals surface area (Å²) in [4.78, 5) is 14.8. The summed E-state index contributed by atoms with van der Waals surface area (Å²) < 4.78 is 30.8. The highest BCUT2D eigenvalue weighted by Crippen LogP contribution is 2.39. The van der Waals surface area contributed by atoms with Gasteiger partial charge < -0.3 is 13.9 Å². The van der Waals surface area contributed by atoms with E-state index < -0.39 is 0 Å². The maximum absolute atomic E-state index is 13.9. The Balaban J connectivity index is 1.55. The van der Waals surface area contributed by atoms with Gasteiger partial charge in [-0.15, -0.1) is 0 Å². The van der Waals surface area contributed by atoms with Crippen molar-refractivity contribution >= 4 is 51.9 Å². The summed E-state index contributed by atoms with van der Waals surface area (Å²) in [6.07, 6.45) is 3.24. The molecule has 4 rings (SSSR count). The van der Waals surface area contributed by atoms with Gasteiger partial charge in [-0.3, -0.25) is 9.69 Å². The van der Waals surface area contributed by atoms with Crippen molar-refractivity contribution in [2.75, 3.05) is 7.11 Å². The molecule has 2 heterocycles. The predicted octanol–water partition coefficient (Wildman–Crippen LogP) is 6.06. The number of hydrogen-bond acceptors (Lipinski definition) is 6. The van der Waals surface area contributed by atoms with Crippen molar-refractivity contribution in [2.45, 2.75) is 13.2 Å². The van der Waals surface area contributed by atoms with Crippen LogP contribution in [0.15, 0.2) is 64.1 Å². The van der Waals surface area contributed by atoms with E-state index in [-0.39, 0.29) is 29.9 Å². The number of thioether (sulfide) groups is 1. The van der Waals surface area contributed by atoms with Gasteiger partial charge in [0.2, 0.25) is 0 Å². The van der Waals surface area contributed by atoms with Gasteiger partial charge in [0.05, 0.1) is 29.8 Å². The van der Waals surface area contributed by atoms with Crippen molar-refractivity contribution < 1.29 is 23.1 Å². The van der Waals surface area contributed by atoms with Crippen LogP contribution in [0.5, 0.6) is 11.5 Å². The molecular weight excluding hydrogens is 473 g/mol. The third kappa shape index (κ3) is 4.82. The Kier molecular flexibility index (Phi) is 6.83. The molecule has 1 fully saturated rings. The number of benzene rings is 2. The number of nitrogens with zero attached hydrogens (tertiary/aromatic N) is 1. The molecule has 0 saturated carbocycles. The molecule has 0 radical (unpaired) electrons. The van der Waals surface area contributed by atoms with Crippen LogP contribution in [0.3, 0.4) is 0 Å². The summed E-state index contributed by atoms with van der Waals surface area (Å²) in [6, 6.07) is 13.2. The zero-order valence-electron chi connectivity index (χ0n) is 16.8. The number of carbonyl (C=O) groups is 1. The van der Waals surface area contributed by atoms with E-state index in [1.54, 1.807) is 54.8 Å². The molecule has 0 spiro atoms. The van der Waals surface area contributed by atoms with E-state index in [0.717, 1.165) is 0 Å². The Morgan fingerprint density at radius 3 is 2.78 bits per heavy atom. The maximum atomic E-state index is 13.9. The lowest BCUT2D eigenvalue weighted by molar-refractivity contribution is -0.122. The number of furan rings is 1. The lowest BCUT2D eigenvalue weighted by Gasteiger charge is -2.14. The van der Waals surface area contributed by atoms with Crippen molar-refractivity contribution in [3.8, 4) is 11.5 Å². The number of ether oxygens (including phenoxy) is 2. The SMILES string of the molecule is COc1cc(/C=C2/SC(=S)N(Cc3ccco3)C2=O)cc(Cl)c1OCc1ccccc1F. The number of carbonyl (C=O) groups excluding carboxylic acids is 1. The highest BCUT2D eigenvalue weighted by molar-refractivity contribution is 8.26. The second kappa shape index (κ2) is 9.77. The van der Waals surface area contributed by atoms with Crippen LogP contribution in [0, 0.1) is 5.82 Å². The zero-order chi connectivity index (χ0) is 22.7. The van der Waals surface area contributed by atoms with E-state index in [4.69, 9.17) is 37.7 Å². The molecule has 1 aromatic heterocycles. The van der Waals surface area contributed by atoms with Crippen molar-refractivity contribution in [3.05, 3.63) is 87.4 Å². The molecule has 3 aromatic rings. The van der Waals surface area contributed by atoms with Gasteiger partial charge in [-0.25, -0.2) is 4.39 Å². The topological polar surface area (TPSA) is 51.9 Å². The molecule has 2 aromatic carbocycles. The van der Waals surface area contributed by atoms with Crippen LogP contribution in [0.2, 0.25) is 5.02 Å². The summed E-state index contributed by atoms with van der Waals surface area (Å²) in [5, 5.41) is 0.276. The average molecular weight is 490 g/mol. The highest BCUT2D eigenvalue weighted by Gasteiger charge is 2.32. The number of methoxy groups -OCH3 is 1. The first-order valence-corrected chi connectivity index (χ1v) is 11.1. The summed E-state index contributed by atoms with van der Waals surface area (Å²) in [6.45, 7) is 0.259. The molecule has 9 heteroatoms. The van der Waals surface area contributed by atoms with Crippen molar-refractivity contribution in [2.24, 2.45) is 0 Å². The standard InChI is InChI=1S/C23H17ClFNO4S2/c1-28-19-10-14(9-17(24)21(19)30-13-15-5-2-3-7-18(15)25)11-20-22(27)26(23(31)32-20)12-16-6-4-8-29-16/h2-11H,12-13H2,1H3/b20-11+. The smallest absolute Gasteiger partial charge is 0.266 e. The number of rotatable bonds is 7. The van der Waals surface area contributed by atoms with E-state index >= 15 is 0 Å². The first-order chi connectivity index (χ1) is 15.5. The highest BCUT2D eigenvalue weighted by atomic mass is 35.5. The fourth-order valence-corrected chi connectivity index (χ4v) is 4.60. The van der Waals surface area contributed by atoms with Gasteiger partial charge in [-0.1, -0.05) is 53.8 Å². The van der Waals surface area contributed by atoms with Gasteiger partial charge in [0.25, 0.3) is 5.91 Å². The molecule has 1 saturated heterocycles. The summed E-state index contributed by atoms with van der Waals surface area (Å²) in [5.41, 5.74) is 1.04. The van der Waals surface area contributed by atoms with Crippen molar-refractivity contribution in [1.82, 2.24) is 4.90 Å². The lowest BCUT2D eigenvalue weighted by Crippen LogP contribution is -2.27. The Labute approximate surface area is 198 Å². The number of amides is 1. The second-order valence-corrected chi connectivity index (χ2v) is 8.84. The van der Waals surface area contributed by atoms with Crippen molar-refractivity contribution in [3.63, 3.8) is 0 Å². The van der Waals surface area contributed by atoms with E-state index in [0.29, 0.717) is 37.6 Å². The van der Waals surface area contributed by atoms with Crippen LogP contribution in [-0.4, -0.2) is 22.2 Å².